The average Bonchev–Trinajstić information content (AvgIpc) is 2.75. The third kappa shape index (κ3) is 6.18. The lowest BCUT2D eigenvalue weighted by Crippen LogP contribution is -2.30. The second-order valence-corrected chi connectivity index (χ2v) is 8.11. The zero-order valence-electron chi connectivity index (χ0n) is 17.5. The minimum absolute atomic E-state index is 0.695. The summed E-state index contributed by atoms with van der Waals surface area (Å²) < 4.78 is 0. The average molecular weight is 443 g/mol. The van der Waals surface area contributed by atoms with Crippen LogP contribution in [0.3, 0.4) is 0 Å². The van der Waals surface area contributed by atoms with Crippen molar-refractivity contribution < 1.29 is 0 Å². The van der Waals surface area contributed by atoms with E-state index >= 15 is 0 Å². The summed E-state index contributed by atoms with van der Waals surface area (Å²) in [5.41, 5.74) is 3.58. The Hall–Kier alpha value is -2.14. The predicted molar refractivity (Wildman–Crippen MR) is 128 cm³/mol. The van der Waals surface area contributed by atoms with Crippen molar-refractivity contribution in [1.82, 2.24) is 14.9 Å². The maximum Gasteiger partial charge on any atom is 0.145 e. The lowest BCUT2D eigenvalue weighted by Gasteiger charge is -2.21. The van der Waals surface area contributed by atoms with Gasteiger partial charge in [-0.05, 0) is 50.2 Å². The van der Waals surface area contributed by atoms with Gasteiger partial charge < -0.3 is 10.2 Å². The maximum atomic E-state index is 6.09. The fraction of sp³-hybridized carbons (Fsp3) is 0.333. The van der Waals surface area contributed by atoms with E-state index in [1.807, 2.05) is 48.5 Å². The zero-order valence-corrected chi connectivity index (χ0v) is 19.0. The van der Waals surface area contributed by atoms with E-state index in [-0.39, 0.29) is 0 Å². The summed E-state index contributed by atoms with van der Waals surface area (Å²) in [4.78, 5) is 12.1. The Morgan fingerprint density at radius 1 is 0.767 bits per heavy atom. The van der Waals surface area contributed by atoms with Gasteiger partial charge in [0.2, 0.25) is 0 Å². The molecule has 3 aromatic rings. The van der Waals surface area contributed by atoms with Gasteiger partial charge in [0.05, 0.1) is 17.6 Å². The quantitative estimate of drug-likeness (QED) is 0.381. The topological polar surface area (TPSA) is 41.0 Å². The number of rotatable bonds is 10. The highest BCUT2D eigenvalue weighted by molar-refractivity contribution is 6.31. The molecule has 0 aliphatic rings. The van der Waals surface area contributed by atoms with Gasteiger partial charge in [0, 0.05) is 34.3 Å². The molecule has 0 unspecified atom stereocenters. The minimum atomic E-state index is 0.695. The van der Waals surface area contributed by atoms with Crippen LogP contribution in [0.4, 0.5) is 5.82 Å². The van der Waals surface area contributed by atoms with E-state index < -0.39 is 0 Å². The van der Waals surface area contributed by atoms with E-state index in [4.69, 9.17) is 33.2 Å². The molecular formula is C24H28Cl2N4. The van der Waals surface area contributed by atoms with Crippen LogP contribution in [0.5, 0.6) is 0 Å². The normalized spacial score (nSPS) is 11.1. The molecule has 1 heterocycles. The second-order valence-electron chi connectivity index (χ2n) is 7.23. The van der Waals surface area contributed by atoms with Crippen molar-refractivity contribution in [3.63, 3.8) is 0 Å². The van der Waals surface area contributed by atoms with E-state index in [2.05, 4.69) is 24.1 Å². The first-order valence-corrected chi connectivity index (χ1v) is 11.2. The van der Waals surface area contributed by atoms with Crippen molar-refractivity contribution in [2.24, 2.45) is 0 Å². The molecule has 0 radical (unpaired) electrons. The molecule has 0 aliphatic carbocycles. The number of nitrogens with one attached hydrogen (secondary N) is 1. The molecule has 2 aromatic carbocycles. The third-order valence-corrected chi connectivity index (χ3v) is 5.33. The molecule has 3 rings (SSSR count). The third-order valence-electron chi connectivity index (χ3n) is 4.82. The van der Waals surface area contributed by atoms with Gasteiger partial charge in [0.15, 0.2) is 0 Å². The van der Waals surface area contributed by atoms with Crippen LogP contribution in [-0.2, 0) is 0 Å². The molecule has 0 aliphatic heterocycles. The van der Waals surface area contributed by atoms with Gasteiger partial charge >= 0.3 is 0 Å². The number of hydrogen-bond donors (Lipinski definition) is 1. The SMILES string of the molecule is CCCN(CCC)CCNc1cnc(-c2ccc(Cl)cc2)c(-c2ccc(Cl)cc2)n1. The molecule has 30 heavy (non-hydrogen) atoms. The number of halogens is 2. The molecule has 0 saturated heterocycles. The van der Waals surface area contributed by atoms with Crippen LogP contribution in [0.25, 0.3) is 22.5 Å². The van der Waals surface area contributed by atoms with Crippen molar-refractivity contribution in [1.29, 1.82) is 0 Å². The van der Waals surface area contributed by atoms with E-state index in [1.165, 1.54) is 0 Å². The van der Waals surface area contributed by atoms with Crippen LogP contribution < -0.4 is 5.32 Å². The molecule has 0 atom stereocenters. The Balaban J connectivity index is 1.85. The molecule has 158 valence electrons. The van der Waals surface area contributed by atoms with Crippen LogP contribution in [0.15, 0.2) is 54.7 Å². The molecule has 0 fully saturated rings. The summed E-state index contributed by atoms with van der Waals surface area (Å²) in [5.74, 6) is 0.769. The van der Waals surface area contributed by atoms with Gasteiger partial charge in [0.25, 0.3) is 0 Å². The molecule has 0 amide bonds. The van der Waals surface area contributed by atoms with Crippen LogP contribution in [-0.4, -0.2) is 41.0 Å². The first-order chi connectivity index (χ1) is 14.6. The highest BCUT2D eigenvalue weighted by Crippen LogP contribution is 2.31. The minimum Gasteiger partial charge on any atom is -0.367 e. The van der Waals surface area contributed by atoms with Crippen LogP contribution in [0.2, 0.25) is 10.0 Å². The van der Waals surface area contributed by atoms with Crippen molar-refractivity contribution >= 4 is 29.0 Å². The zero-order chi connectivity index (χ0) is 21.3. The largest absolute Gasteiger partial charge is 0.367 e. The van der Waals surface area contributed by atoms with Crippen LogP contribution in [0.1, 0.15) is 26.7 Å². The number of aromatic nitrogens is 2. The van der Waals surface area contributed by atoms with Crippen molar-refractivity contribution in [3.05, 3.63) is 64.8 Å². The molecular weight excluding hydrogens is 415 g/mol. The Kier molecular flexibility index (Phi) is 8.50. The number of nitrogens with zero attached hydrogens (tertiary/aromatic N) is 3. The van der Waals surface area contributed by atoms with Gasteiger partial charge in [0.1, 0.15) is 5.82 Å². The molecule has 6 heteroatoms. The number of anilines is 1. The van der Waals surface area contributed by atoms with E-state index in [1.54, 1.807) is 6.20 Å². The summed E-state index contributed by atoms with van der Waals surface area (Å²) in [6.45, 7) is 8.48. The summed E-state index contributed by atoms with van der Waals surface area (Å²) in [5, 5.41) is 4.83. The molecule has 1 aromatic heterocycles. The second kappa shape index (κ2) is 11.3. The smallest absolute Gasteiger partial charge is 0.145 e. The standard InChI is InChI=1S/C24H28Cl2N4/c1-3-14-30(15-4-2)16-13-27-22-17-28-23(18-5-9-20(25)10-6-18)24(29-22)19-7-11-21(26)12-8-19/h5-12,17H,3-4,13-16H2,1-2H3,(H,27,29). The summed E-state index contributed by atoms with van der Waals surface area (Å²) in [6, 6.07) is 15.4. The summed E-state index contributed by atoms with van der Waals surface area (Å²) >= 11 is 12.1. The van der Waals surface area contributed by atoms with Gasteiger partial charge in [-0.1, -0.05) is 61.3 Å². The number of benzene rings is 2. The van der Waals surface area contributed by atoms with Crippen LogP contribution in [0, 0.1) is 0 Å². The maximum absolute atomic E-state index is 6.09. The Morgan fingerprint density at radius 3 is 1.83 bits per heavy atom. The molecule has 1 N–H and O–H groups in total. The van der Waals surface area contributed by atoms with Gasteiger partial charge in [-0.2, -0.15) is 0 Å². The van der Waals surface area contributed by atoms with E-state index in [0.29, 0.717) is 10.0 Å². The highest BCUT2D eigenvalue weighted by atomic mass is 35.5. The van der Waals surface area contributed by atoms with Gasteiger partial charge in [-0.3, -0.25) is 4.98 Å². The summed E-state index contributed by atoms with van der Waals surface area (Å²) in [6.07, 6.45) is 4.12. The fourth-order valence-electron chi connectivity index (χ4n) is 3.41. The molecule has 0 bridgehead atoms. The van der Waals surface area contributed by atoms with E-state index in [0.717, 1.165) is 67.4 Å². The lowest BCUT2D eigenvalue weighted by atomic mass is 10.0. The predicted octanol–water partition coefficient (Wildman–Crippen LogP) is 6.65. The van der Waals surface area contributed by atoms with E-state index in [9.17, 15) is 0 Å². The molecule has 4 nitrogen and oxygen atoms in total. The molecule has 0 saturated carbocycles. The van der Waals surface area contributed by atoms with Gasteiger partial charge in [-0.25, -0.2) is 4.98 Å². The van der Waals surface area contributed by atoms with Crippen molar-refractivity contribution in [2.75, 3.05) is 31.5 Å². The number of hydrogen-bond acceptors (Lipinski definition) is 4. The lowest BCUT2D eigenvalue weighted by molar-refractivity contribution is 0.285. The first-order valence-electron chi connectivity index (χ1n) is 10.5. The monoisotopic (exact) mass is 442 g/mol. The highest BCUT2D eigenvalue weighted by Gasteiger charge is 2.13. The summed E-state index contributed by atoms with van der Waals surface area (Å²) in [7, 11) is 0. The van der Waals surface area contributed by atoms with Crippen LogP contribution >= 0.6 is 23.2 Å². The van der Waals surface area contributed by atoms with Crippen molar-refractivity contribution in [2.45, 2.75) is 26.7 Å². The molecule has 0 spiro atoms. The fourth-order valence-corrected chi connectivity index (χ4v) is 3.66. The first kappa shape index (κ1) is 22.5. The Labute approximate surface area is 189 Å². The van der Waals surface area contributed by atoms with Gasteiger partial charge in [-0.15, -0.1) is 0 Å². The Bertz CT molecular complexity index is 921. The Morgan fingerprint density at radius 2 is 1.30 bits per heavy atom. The van der Waals surface area contributed by atoms with Crippen molar-refractivity contribution in [3.8, 4) is 22.5 Å².